The Bertz CT molecular complexity index is 950. The van der Waals surface area contributed by atoms with E-state index in [1.165, 1.54) is 6.07 Å². The summed E-state index contributed by atoms with van der Waals surface area (Å²) in [4.78, 5) is 0.845. The maximum absolute atomic E-state index is 12.7. The number of unbranched alkanes of at least 4 members (excludes halogenated alkanes) is 1. The topological polar surface area (TPSA) is 59.3 Å². The molecule has 3 aromatic rings. The van der Waals surface area contributed by atoms with Crippen LogP contribution in [0.2, 0.25) is 5.02 Å². The van der Waals surface area contributed by atoms with E-state index < -0.39 is 10.0 Å². The van der Waals surface area contributed by atoms with Gasteiger partial charge in [-0.05, 0) is 36.4 Å². The Labute approximate surface area is 156 Å². The monoisotopic (exact) mass is 395 g/mol. The van der Waals surface area contributed by atoms with Crippen molar-refractivity contribution in [1.29, 1.82) is 0 Å². The van der Waals surface area contributed by atoms with Crippen molar-refractivity contribution >= 4 is 50.0 Å². The van der Waals surface area contributed by atoms with Crippen LogP contribution in [0.15, 0.2) is 62.9 Å². The van der Waals surface area contributed by atoms with E-state index in [0.29, 0.717) is 16.3 Å². The molecule has 0 bridgehead atoms. The zero-order valence-corrected chi connectivity index (χ0v) is 16.0. The van der Waals surface area contributed by atoms with Crippen LogP contribution < -0.4 is 4.72 Å². The number of hydrogen-bond donors (Lipinski definition) is 1. The van der Waals surface area contributed by atoms with Crippen molar-refractivity contribution in [2.24, 2.45) is 0 Å². The highest BCUT2D eigenvalue weighted by Gasteiger charge is 2.21. The molecule has 0 aliphatic carbocycles. The zero-order valence-electron chi connectivity index (χ0n) is 13.7. The fraction of sp³-hybridized carbons (Fsp3) is 0.222. The minimum Gasteiger partial charge on any atom is -0.443 e. The molecular weight excluding hydrogens is 378 g/mol. The van der Waals surface area contributed by atoms with Gasteiger partial charge in [0, 0.05) is 21.4 Å². The number of fused-ring (bicyclic) bond motifs is 1. The molecule has 25 heavy (non-hydrogen) atoms. The first kappa shape index (κ1) is 18.2. The van der Waals surface area contributed by atoms with Gasteiger partial charge in [-0.25, -0.2) is 0 Å². The molecule has 0 radical (unpaired) electrons. The van der Waals surface area contributed by atoms with Crippen molar-refractivity contribution in [2.45, 2.75) is 29.8 Å². The third kappa shape index (κ3) is 4.32. The lowest BCUT2D eigenvalue weighted by Crippen LogP contribution is -2.12. The van der Waals surface area contributed by atoms with Crippen molar-refractivity contribution in [3.05, 3.63) is 53.6 Å². The van der Waals surface area contributed by atoms with Crippen LogP contribution in [0.5, 0.6) is 0 Å². The molecule has 0 atom stereocenters. The number of thioether (sulfide) groups is 1. The smallest absolute Gasteiger partial charge is 0.295 e. The van der Waals surface area contributed by atoms with E-state index in [0.717, 1.165) is 28.9 Å². The van der Waals surface area contributed by atoms with E-state index in [-0.39, 0.29) is 5.09 Å². The van der Waals surface area contributed by atoms with E-state index in [9.17, 15) is 8.42 Å². The average molecular weight is 396 g/mol. The van der Waals surface area contributed by atoms with Gasteiger partial charge in [-0.2, -0.15) is 8.42 Å². The Morgan fingerprint density at radius 1 is 1.16 bits per heavy atom. The number of hydrogen-bond acceptors (Lipinski definition) is 4. The summed E-state index contributed by atoms with van der Waals surface area (Å²) in [6, 6.07) is 13.9. The van der Waals surface area contributed by atoms with Gasteiger partial charge in [0.1, 0.15) is 5.58 Å². The first-order valence-electron chi connectivity index (χ1n) is 7.93. The lowest BCUT2D eigenvalue weighted by atomic mass is 10.3. The molecule has 0 spiro atoms. The van der Waals surface area contributed by atoms with Crippen molar-refractivity contribution in [2.75, 3.05) is 10.5 Å². The number of furan rings is 1. The second-order valence-electron chi connectivity index (χ2n) is 5.55. The summed E-state index contributed by atoms with van der Waals surface area (Å²) in [6.07, 6.45) is 2.14. The molecule has 132 valence electrons. The Kier molecular flexibility index (Phi) is 5.61. The Balaban J connectivity index is 1.90. The van der Waals surface area contributed by atoms with Gasteiger partial charge in [0.05, 0.1) is 5.69 Å². The third-order valence-electron chi connectivity index (χ3n) is 3.61. The standard InChI is InChI=1S/C18H18ClNO3S2/c1-2-3-10-24-17-9-8-14(19)12-15(17)20-25(21,22)18-11-13-6-4-5-7-16(13)23-18/h4-9,11-12,20H,2-3,10H2,1H3. The molecule has 0 aliphatic rings. The fourth-order valence-electron chi connectivity index (χ4n) is 2.32. The van der Waals surface area contributed by atoms with Gasteiger partial charge in [-0.3, -0.25) is 4.72 Å². The zero-order chi connectivity index (χ0) is 17.9. The van der Waals surface area contributed by atoms with Crippen LogP contribution in [-0.2, 0) is 10.0 Å². The minimum absolute atomic E-state index is 0.113. The van der Waals surface area contributed by atoms with E-state index in [1.807, 2.05) is 18.2 Å². The molecule has 0 saturated heterocycles. The van der Waals surface area contributed by atoms with Crippen LogP contribution in [0.4, 0.5) is 5.69 Å². The van der Waals surface area contributed by atoms with E-state index in [2.05, 4.69) is 11.6 Å². The lowest BCUT2D eigenvalue weighted by Gasteiger charge is -2.11. The maximum atomic E-state index is 12.7. The Morgan fingerprint density at radius 2 is 1.96 bits per heavy atom. The summed E-state index contributed by atoms with van der Waals surface area (Å²) >= 11 is 7.65. The molecular formula is C18H18ClNO3S2. The number of anilines is 1. The number of halogens is 1. The van der Waals surface area contributed by atoms with Crippen molar-refractivity contribution in [3.63, 3.8) is 0 Å². The van der Waals surface area contributed by atoms with Crippen molar-refractivity contribution in [1.82, 2.24) is 0 Å². The second kappa shape index (κ2) is 7.72. The molecule has 1 N–H and O–H groups in total. The highest BCUT2D eigenvalue weighted by atomic mass is 35.5. The molecule has 0 saturated carbocycles. The summed E-state index contributed by atoms with van der Waals surface area (Å²) in [6.45, 7) is 2.12. The predicted octanol–water partition coefficient (Wildman–Crippen LogP) is 5.78. The van der Waals surface area contributed by atoms with E-state index >= 15 is 0 Å². The SMILES string of the molecule is CCCCSc1ccc(Cl)cc1NS(=O)(=O)c1cc2ccccc2o1. The molecule has 0 unspecified atom stereocenters. The summed E-state index contributed by atoms with van der Waals surface area (Å²) < 4.78 is 33.5. The minimum atomic E-state index is -3.83. The largest absolute Gasteiger partial charge is 0.443 e. The summed E-state index contributed by atoms with van der Waals surface area (Å²) in [7, 11) is -3.83. The highest BCUT2D eigenvalue weighted by Crippen LogP contribution is 2.33. The van der Waals surface area contributed by atoms with Crippen molar-refractivity contribution < 1.29 is 12.8 Å². The molecule has 0 aliphatic heterocycles. The molecule has 1 heterocycles. The van der Waals surface area contributed by atoms with Gasteiger partial charge in [0.15, 0.2) is 0 Å². The predicted molar refractivity (Wildman–Crippen MR) is 104 cm³/mol. The summed E-state index contributed by atoms with van der Waals surface area (Å²) in [5, 5.41) is 1.10. The second-order valence-corrected chi connectivity index (χ2v) is 8.74. The number of sulfonamides is 1. The van der Waals surface area contributed by atoms with Crippen LogP contribution in [-0.4, -0.2) is 14.2 Å². The van der Waals surface area contributed by atoms with Gasteiger partial charge in [-0.15, -0.1) is 11.8 Å². The van der Waals surface area contributed by atoms with E-state index in [4.69, 9.17) is 16.0 Å². The Morgan fingerprint density at radius 3 is 2.72 bits per heavy atom. The third-order valence-corrected chi connectivity index (χ3v) is 6.22. The van der Waals surface area contributed by atoms with Crippen LogP contribution >= 0.6 is 23.4 Å². The normalized spacial score (nSPS) is 11.8. The molecule has 1 aromatic heterocycles. The van der Waals surface area contributed by atoms with Crippen molar-refractivity contribution in [3.8, 4) is 0 Å². The van der Waals surface area contributed by atoms with Gasteiger partial charge in [0.25, 0.3) is 10.0 Å². The molecule has 7 heteroatoms. The Hall–Kier alpha value is -1.63. The molecule has 3 rings (SSSR count). The molecule has 0 fully saturated rings. The number of para-hydroxylation sites is 1. The fourth-order valence-corrected chi connectivity index (χ4v) is 4.68. The molecule has 2 aromatic carbocycles. The summed E-state index contributed by atoms with van der Waals surface area (Å²) in [5.74, 6) is 0.914. The summed E-state index contributed by atoms with van der Waals surface area (Å²) in [5.41, 5.74) is 1.00. The van der Waals surface area contributed by atoms with Gasteiger partial charge in [-0.1, -0.05) is 43.1 Å². The quantitative estimate of drug-likeness (QED) is 0.407. The highest BCUT2D eigenvalue weighted by molar-refractivity contribution is 7.99. The van der Waals surface area contributed by atoms with E-state index in [1.54, 1.807) is 36.0 Å². The number of nitrogens with one attached hydrogen (secondary N) is 1. The van der Waals surface area contributed by atoms with Gasteiger partial charge < -0.3 is 4.42 Å². The number of benzene rings is 2. The number of rotatable bonds is 7. The van der Waals surface area contributed by atoms with Crippen LogP contribution in [0, 0.1) is 0 Å². The molecule has 4 nitrogen and oxygen atoms in total. The van der Waals surface area contributed by atoms with Gasteiger partial charge in [0.2, 0.25) is 5.09 Å². The first-order valence-corrected chi connectivity index (χ1v) is 10.8. The molecule has 0 amide bonds. The van der Waals surface area contributed by atoms with Crippen LogP contribution in [0.1, 0.15) is 19.8 Å². The van der Waals surface area contributed by atoms with Crippen LogP contribution in [0.3, 0.4) is 0 Å². The lowest BCUT2D eigenvalue weighted by molar-refractivity contribution is 0.484. The first-order chi connectivity index (χ1) is 12.0. The van der Waals surface area contributed by atoms with Crippen LogP contribution in [0.25, 0.3) is 11.0 Å². The average Bonchev–Trinajstić information content (AvgIpc) is 3.02. The van der Waals surface area contributed by atoms with Gasteiger partial charge >= 0.3 is 0 Å². The maximum Gasteiger partial charge on any atom is 0.295 e.